The highest BCUT2D eigenvalue weighted by atomic mass is 35.5. The van der Waals surface area contributed by atoms with Crippen LogP contribution in [0.1, 0.15) is 10.5 Å². The summed E-state index contributed by atoms with van der Waals surface area (Å²) in [6, 6.07) is 0. The molecule has 0 amide bonds. The van der Waals surface area contributed by atoms with Gasteiger partial charge in [0.25, 0.3) is 0 Å². The predicted molar refractivity (Wildman–Crippen MR) is 34.1 cm³/mol. The maximum atomic E-state index is 10.1. The van der Waals surface area contributed by atoms with Crippen LogP contribution in [0, 0.1) is 0 Å². The third-order valence-electron chi connectivity index (χ3n) is 0.729. The molecule has 0 atom stereocenters. The minimum absolute atomic E-state index is 0.0679. The molecule has 0 bridgehead atoms. The summed E-state index contributed by atoms with van der Waals surface area (Å²) in [4.78, 5) is 10.1. The minimum atomic E-state index is -1.08. The molecule has 0 aliphatic carbocycles. The van der Waals surface area contributed by atoms with E-state index in [9.17, 15) is 4.79 Å². The molecule has 1 aromatic rings. The van der Waals surface area contributed by atoms with E-state index in [0.29, 0.717) is 0 Å². The largest absolute Gasteiger partial charge is 0.476 e. The number of carboxylic acids is 1. The van der Waals surface area contributed by atoms with Gasteiger partial charge in [-0.3, -0.25) is 0 Å². The Kier molecular flexibility index (Phi) is 1.68. The summed E-state index contributed by atoms with van der Waals surface area (Å²) in [5, 5.41) is 9.99. The van der Waals surface area contributed by atoms with Gasteiger partial charge in [-0.1, -0.05) is 11.6 Å². The molecule has 0 unspecified atom stereocenters. The lowest BCUT2D eigenvalue weighted by Gasteiger charge is -1.82. The lowest BCUT2D eigenvalue weighted by Crippen LogP contribution is -1.95. The normalized spacial score (nSPS) is 9.44. The Bertz CT molecular complexity index is 234. The van der Waals surface area contributed by atoms with E-state index in [0.717, 1.165) is 11.5 Å². The van der Waals surface area contributed by atoms with Crippen LogP contribution in [-0.2, 0) is 0 Å². The molecule has 1 heterocycles. The zero-order valence-corrected chi connectivity index (χ0v) is 5.74. The maximum absolute atomic E-state index is 10.1. The van der Waals surface area contributed by atoms with Crippen molar-refractivity contribution in [2.75, 3.05) is 0 Å². The fraction of sp³-hybridized carbons (Fsp3) is 0. The van der Waals surface area contributed by atoms with Crippen LogP contribution in [0.3, 0.4) is 0 Å². The van der Waals surface area contributed by atoms with Crippen LogP contribution in [0.5, 0.6) is 0 Å². The van der Waals surface area contributed by atoms with E-state index in [1.807, 2.05) is 0 Å². The monoisotopic (exact) mass is 163 g/mol. The number of halogens is 1. The summed E-state index contributed by atoms with van der Waals surface area (Å²) >= 11 is 6.43. The van der Waals surface area contributed by atoms with Crippen molar-refractivity contribution in [1.82, 2.24) is 4.37 Å². The van der Waals surface area contributed by atoms with Crippen molar-refractivity contribution in [3.05, 3.63) is 16.1 Å². The van der Waals surface area contributed by atoms with Gasteiger partial charge in [-0.15, -0.1) is 0 Å². The van der Waals surface area contributed by atoms with Crippen molar-refractivity contribution in [3.63, 3.8) is 0 Å². The third-order valence-corrected chi connectivity index (χ3v) is 1.78. The first-order chi connectivity index (χ1) is 4.22. The fourth-order valence-electron chi connectivity index (χ4n) is 0.366. The van der Waals surface area contributed by atoms with Crippen molar-refractivity contribution < 1.29 is 9.90 Å². The van der Waals surface area contributed by atoms with Crippen LogP contribution >= 0.6 is 23.1 Å². The van der Waals surface area contributed by atoms with Crippen molar-refractivity contribution in [2.45, 2.75) is 0 Å². The zero-order chi connectivity index (χ0) is 6.85. The van der Waals surface area contributed by atoms with Crippen LogP contribution in [0.4, 0.5) is 0 Å². The Hall–Kier alpha value is -0.610. The summed E-state index contributed by atoms with van der Waals surface area (Å²) in [6.45, 7) is 0. The number of carbonyl (C=O) groups is 1. The molecule has 0 fully saturated rings. The first-order valence-corrected chi connectivity index (χ1v) is 3.26. The van der Waals surface area contributed by atoms with Crippen molar-refractivity contribution in [2.24, 2.45) is 0 Å². The molecule has 1 N–H and O–H groups in total. The first kappa shape index (κ1) is 6.51. The highest BCUT2D eigenvalue weighted by molar-refractivity contribution is 7.04. The molecular weight excluding hydrogens is 162 g/mol. The molecule has 0 saturated carbocycles. The molecule has 1 rings (SSSR count). The van der Waals surface area contributed by atoms with Crippen LogP contribution in [-0.4, -0.2) is 15.4 Å². The number of rotatable bonds is 1. The Balaban J connectivity index is 3.08. The quantitative estimate of drug-likeness (QED) is 0.683. The lowest BCUT2D eigenvalue weighted by molar-refractivity contribution is 0.0692. The number of carboxylic acid groups (broad SMARTS) is 1. The molecule has 1 aromatic heterocycles. The van der Waals surface area contributed by atoms with E-state index in [-0.39, 0.29) is 10.7 Å². The average Bonchev–Trinajstić information content (AvgIpc) is 2.13. The van der Waals surface area contributed by atoms with Gasteiger partial charge in [0.1, 0.15) is 0 Å². The first-order valence-electron chi connectivity index (χ1n) is 2.05. The molecule has 3 nitrogen and oxygen atoms in total. The molecule has 48 valence electrons. The molecule has 0 aromatic carbocycles. The Morgan fingerprint density at radius 3 is 2.78 bits per heavy atom. The SMILES string of the molecule is O=C(O)c1nscc1Cl. The van der Waals surface area contributed by atoms with Gasteiger partial charge in [0.2, 0.25) is 0 Å². The summed E-state index contributed by atoms with van der Waals surface area (Å²) in [7, 11) is 0. The van der Waals surface area contributed by atoms with Crippen LogP contribution < -0.4 is 0 Å². The minimum Gasteiger partial charge on any atom is -0.476 e. The van der Waals surface area contributed by atoms with E-state index in [2.05, 4.69) is 4.37 Å². The molecule has 0 aliphatic heterocycles. The molecular formula is C4H2ClNO2S. The van der Waals surface area contributed by atoms with Crippen molar-refractivity contribution >= 4 is 29.1 Å². The van der Waals surface area contributed by atoms with Gasteiger partial charge in [0, 0.05) is 5.38 Å². The topological polar surface area (TPSA) is 50.2 Å². The van der Waals surface area contributed by atoms with Gasteiger partial charge in [-0.2, -0.15) is 4.37 Å². The van der Waals surface area contributed by atoms with E-state index >= 15 is 0 Å². The van der Waals surface area contributed by atoms with Crippen molar-refractivity contribution in [3.8, 4) is 0 Å². The summed E-state index contributed by atoms with van der Waals surface area (Å²) in [5.74, 6) is -1.08. The highest BCUT2D eigenvalue weighted by Gasteiger charge is 2.09. The number of nitrogens with zero attached hydrogens (tertiary/aromatic N) is 1. The van der Waals surface area contributed by atoms with Gasteiger partial charge >= 0.3 is 5.97 Å². The van der Waals surface area contributed by atoms with Gasteiger partial charge in [0.15, 0.2) is 5.69 Å². The smallest absolute Gasteiger partial charge is 0.357 e. The molecule has 0 saturated heterocycles. The average molecular weight is 164 g/mol. The zero-order valence-electron chi connectivity index (χ0n) is 4.17. The molecule has 0 radical (unpaired) electrons. The van der Waals surface area contributed by atoms with Gasteiger partial charge in [0.05, 0.1) is 5.02 Å². The van der Waals surface area contributed by atoms with Gasteiger partial charge < -0.3 is 5.11 Å². The molecule has 0 spiro atoms. The Morgan fingerprint density at radius 2 is 2.56 bits per heavy atom. The van der Waals surface area contributed by atoms with E-state index in [4.69, 9.17) is 16.7 Å². The second kappa shape index (κ2) is 2.33. The van der Waals surface area contributed by atoms with Gasteiger partial charge in [-0.25, -0.2) is 4.79 Å². The van der Waals surface area contributed by atoms with Crippen LogP contribution in [0.15, 0.2) is 5.38 Å². The third kappa shape index (κ3) is 1.20. The number of hydrogen-bond donors (Lipinski definition) is 1. The fourth-order valence-corrected chi connectivity index (χ4v) is 1.20. The van der Waals surface area contributed by atoms with E-state index in [1.165, 1.54) is 5.38 Å². The molecule has 5 heteroatoms. The van der Waals surface area contributed by atoms with E-state index < -0.39 is 5.97 Å². The lowest BCUT2D eigenvalue weighted by atomic mass is 10.4. The Labute approximate surface area is 60.1 Å². The second-order valence-electron chi connectivity index (χ2n) is 1.32. The van der Waals surface area contributed by atoms with Crippen molar-refractivity contribution in [1.29, 1.82) is 0 Å². The number of hydrogen-bond acceptors (Lipinski definition) is 3. The Morgan fingerprint density at radius 1 is 1.89 bits per heavy atom. The predicted octanol–water partition coefficient (Wildman–Crippen LogP) is 1.49. The summed E-state index contributed by atoms with van der Waals surface area (Å²) < 4.78 is 3.53. The van der Waals surface area contributed by atoms with Crippen LogP contribution in [0.25, 0.3) is 0 Å². The van der Waals surface area contributed by atoms with Crippen LogP contribution in [0.2, 0.25) is 5.02 Å². The maximum Gasteiger partial charge on any atom is 0.357 e. The molecule has 9 heavy (non-hydrogen) atoms. The second-order valence-corrected chi connectivity index (χ2v) is 2.35. The van der Waals surface area contributed by atoms with Gasteiger partial charge in [-0.05, 0) is 11.5 Å². The van der Waals surface area contributed by atoms with E-state index in [1.54, 1.807) is 0 Å². The number of aromatic nitrogens is 1. The standard InChI is InChI=1S/C4H2ClNO2S/c5-2-1-9-6-3(2)4(7)8/h1H,(H,7,8). The summed E-state index contributed by atoms with van der Waals surface area (Å²) in [6.07, 6.45) is 0. The number of aromatic carboxylic acids is 1. The molecule has 0 aliphatic rings. The highest BCUT2D eigenvalue weighted by Crippen LogP contribution is 2.15. The summed E-state index contributed by atoms with van der Waals surface area (Å²) in [5.41, 5.74) is -0.0679.